The van der Waals surface area contributed by atoms with Crippen molar-refractivity contribution in [1.82, 2.24) is 14.5 Å². The van der Waals surface area contributed by atoms with E-state index in [2.05, 4.69) is 5.32 Å². The highest BCUT2D eigenvalue weighted by Crippen LogP contribution is 2.14. The first-order valence-corrected chi connectivity index (χ1v) is 12.3. The summed E-state index contributed by atoms with van der Waals surface area (Å²) in [6, 6.07) is 13.7. The van der Waals surface area contributed by atoms with Crippen LogP contribution in [0.25, 0.3) is 0 Å². The number of carbonyl (C=O) groups excluding carboxylic acids is 2. The predicted molar refractivity (Wildman–Crippen MR) is 121 cm³/mol. The lowest BCUT2D eigenvalue weighted by Gasteiger charge is -2.31. The van der Waals surface area contributed by atoms with Crippen LogP contribution in [-0.2, 0) is 32.7 Å². The van der Waals surface area contributed by atoms with E-state index >= 15 is 0 Å². The zero-order valence-electron chi connectivity index (χ0n) is 18.6. The maximum absolute atomic E-state index is 13.3. The maximum atomic E-state index is 13.3. The number of carbonyl (C=O) groups is 2. The zero-order valence-corrected chi connectivity index (χ0v) is 19.4. The second kappa shape index (κ2) is 11.7. The first kappa shape index (κ1) is 25.5. The lowest BCUT2D eigenvalue weighted by Crippen LogP contribution is -2.51. The van der Waals surface area contributed by atoms with Crippen LogP contribution < -0.4 is 5.32 Å². The predicted octanol–water partition coefficient (Wildman–Crippen LogP) is 2.53. The fourth-order valence-corrected chi connectivity index (χ4v) is 3.81. The summed E-state index contributed by atoms with van der Waals surface area (Å²) >= 11 is 0. The molecule has 2 rings (SSSR count). The van der Waals surface area contributed by atoms with Gasteiger partial charge in [-0.15, -0.1) is 0 Å². The van der Waals surface area contributed by atoms with Gasteiger partial charge in [-0.25, -0.2) is 12.8 Å². The summed E-state index contributed by atoms with van der Waals surface area (Å²) in [4.78, 5) is 27.1. The SMILES string of the molecule is CCCNC(=O)[C@@H](C)N(Cc1ccc(F)cc1)C(=O)CN(Cc1ccccc1)S(C)(=O)=O. The summed E-state index contributed by atoms with van der Waals surface area (Å²) in [5, 5.41) is 2.76. The third-order valence-corrected chi connectivity index (χ3v) is 6.16. The molecule has 1 atom stereocenters. The molecule has 0 saturated carbocycles. The van der Waals surface area contributed by atoms with Gasteiger partial charge in [-0.1, -0.05) is 49.4 Å². The van der Waals surface area contributed by atoms with E-state index in [9.17, 15) is 22.4 Å². The van der Waals surface area contributed by atoms with Crippen LogP contribution in [0.4, 0.5) is 4.39 Å². The Morgan fingerprint density at radius 1 is 1.00 bits per heavy atom. The lowest BCUT2D eigenvalue weighted by molar-refractivity contribution is -0.140. The van der Waals surface area contributed by atoms with Crippen molar-refractivity contribution in [2.24, 2.45) is 0 Å². The van der Waals surface area contributed by atoms with Gasteiger partial charge in [-0.3, -0.25) is 9.59 Å². The van der Waals surface area contributed by atoms with Crippen LogP contribution in [-0.4, -0.2) is 54.8 Å². The van der Waals surface area contributed by atoms with Gasteiger partial charge in [0.25, 0.3) is 0 Å². The summed E-state index contributed by atoms with van der Waals surface area (Å²) in [6.07, 6.45) is 1.79. The van der Waals surface area contributed by atoms with E-state index < -0.39 is 34.3 Å². The van der Waals surface area contributed by atoms with Crippen LogP contribution in [0.15, 0.2) is 54.6 Å². The number of amides is 2. The molecule has 174 valence electrons. The topological polar surface area (TPSA) is 86.8 Å². The molecule has 0 radical (unpaired) electrons. The van der Waals surface area contributed by atoms with Gasteiger partial charge >= 0.3 is 0 Å². The molecule has 0 unspecified atom stereocenters. The third kappa shape index (κ3) is 7.72. The molecule has 1 N–H and O–H groups in total. The molecular formula is C23H30FN3O4S. The number of hydrogen-bond acceptors (Lipinski definition) is 4. The second-order valence-corrected chi connectivity index (χ2v) is 9.61. The van der Waals surface area contributed by atoms with Gasteiger partial charge in [-0.2, -0.15) is 4.31 Å². The van der Waals surface area contributed by atoms with Crippen molar-refractivity contribution >= 4 is 21.8 Å². The number of benzene rings is 2. The fourth-order valence-electron chi connectivity index (χ4n) is 3.08. The van der Waals surface area contributed by atoms with Gasteiger partial charge in [0, 0.05) is 19.6 Å². The van der Waals surface area contributed by atoms with E-state index in [1.165, 1.54) is 29.2 Å². The molecule has 2 aromatic carbocycles. The molecular weight excluding hydrogens is 433 g/mol. The van der Waals surface area contributed by atoms with Gasteiger partial charge in [0.2, 0.25) is 21.8 Å². The van der Waals surface area contributed by atoms with Gasteiger partial charge in [0.1, 0.15) is 11.9 Å². The Labute approximate surface area is 189 Å². The highest BCUT2D eigenvalue weighted by Gasteiger charge is 2.29. The van der Waals surface area contributed by atoms with Crippen LogP contribution in [0, 0.1) is 5.82 Å². The van der Waals surface area contributed by atoms with Crippen LogP contribution >= 0.6 is 0 Å². The molecule has 0 heterocycles. The highest BCUT2D eigenvalue weighted by atomic mass is 32.2. The van der Waals surface area contributed by atoms with Crippen LogP contribution in [0.3, 0.4) is 0 Å². The number of nitrogens with one attached hydrogen (secondary N) is 1. The van der Waals surface area contributed by atoms with Gasteiger partial charge in [0.15, 0.2) is 0 Å². The number of nitrogens with zero attached hydrogens (tertiary/aromatic N) is 2. The molecule has 0 aliphatic rings. The summed E-state index contributed by atoms with van der Waals surface area (Å²) in [5.74, 6) is -1.27. The Morgan fingerprint density at radius 2 is 1.59 bits per heavy atom. The summed E-state index contributed by atoms with van der Waals surface area (Å²) in [6.45, 7) is 3.63. The zero-order chi connectivity index (χ0) is 23.7. The molecule has 0 spiro atoms. The standard InChI is InChI=1S/C23H30FN3O4S/c1-4-14-25-23(29)18(2)27(16-20-10-12-21(24)13-11-20)22(28)17-26(32(3,30)31)15-19-8-6-5-7-9-19/h5-13,18H,4,14-17H2,1-3H3,(H,25,29)/t18-/m1/s1. The normalized spacial score (nSPS) is 12.4. The molecule has 7 nitrogen and oxygen atoms in total. The Balaban J connectivity index is 2.27. The molecule has 9 heteroatoms. The van der Waals surface area contributed by atoms with E-state index in [0.29, 0.717) is 12.1 Å². The minimum atomic E-state index is -3.69. The van der Waals surface area contributed by atoms with Crippen LogP contribution in [0.2, 0.25) is 0 Å². The average Bonchev–Trinajstić information content (AvgIpc) is 2.76. The van der Waals surface area contributed by atoms with Crippen molar-refractivity contribution < 1.29 is 22.4 Å². The Kier molecular flexibility index (Phi) is 9.34. The van der Waals surface area contributed by atoms with Gasteiger partial charge < -0.3 is 10.2 Å². The van der Waals surface area contributed by atoms with Crippen LogP contribution in [0.5, 0.6) is 0 Å². The van der Waals surface area contributed by atoms with Crippen molar-refractivity contribution in [3.05, 3.63) is 71.5 Å². The number of halogens is 1. The molecule has 0 bridgehead atoms. The molecule has 0 aliphatic carbocycles. The number of sulfonamides is 1. The van der Waals surface area contributed by atoms with E-state index in [-0.39, 0.29) is 19.0 Å². The molecule has 0 aromatic heterocycles. The number of rotatable bonds is 11. The van der Waals surface area contributed by atoms with E-state index in [4.69, 9.17) is 0 Å². The number of hydrogen-bond donors (Lipinski definition) is 1. The minimum absolute atomic E-state index is 0.0339. The Bertz CT molecular complexity index is 998. The van der Waals surface area contributed by atoms with E-state index in [1.807, 2.05) is 13.0 Å². The average molecular weight is 464 g/mol. The van der Waals surface area contributed by atoms with Crippen molar-refractivity contribution in [2.75, 3.05) is 19.3 Å². The molecule has 2 aromatic rings. The van der Waals surface area contributed by atoms with E-state index in [0.717, 1.165) is 22.5 Å². The van der Waals surface area contributed by atoms with Gasteiger partial charge in [0.05, 0.1) is 12.8 Å². The fraction of sp³-hybridized carbons (Fsp3) is 0.391. The quantitative estimate of drug-likeness (QED) is 0.555. The van der Waals surface area contributed by atoms with Crippen molar-refractivity contribution in [3.8, 4) is 0 Å². The molecule has 2 amide bonds. The first-order chi connectivity index (χ1) is 15.1. The molecule has 0 fully saturated rings. The largest absolute Gasteiger partial charge is 0.354 e. The van der Waals surface area contributed by atoms with Crippen molar-refractivity contribution in [1.29, 1.82) is 0 Å². The Morgan fingerprint density at radius 3 is 2.16 bits per heavy atom. The maximum Gasteiger partial charge on any atom is 0.242 e. The van der Waals surface area contributed by atoms with Crippen molar-refractivity contribution in [2.45, 2.75) is 39.4 Å². The lowest BCUT2D eigenvalue weighted by atomic mass is 10.1. The molecule has 32 heavy (non-hydrogen) atoms. The highest BCUT2D eigenvalue weighted by molar-refractivity contribution is 7.88. The summed E-state index contributed by atoms with van der Waals surface area (Å²) < 4.78 is 39.1. The van der Waals surface area contributed by atoms with Crippen molar-refractivity contribution in [3.63, 3.8) is 0 Å². The van der Waals surface area contributed by atoms with Gasteiger partial charge in [-0.05, 0) is 36.6 Å². The third-order valence-electron chi connectivity index (χ3n) is 4.97. The van der Waals surface area contributed by atoms with Crippen LogP contribution in [0.1, 0.15) is 31.4 Å². The van der Waals surface area contributed by atoms with E-state index in [1.54, 1.807) is 31.2 Å². The minimum Gasteiger partial charge on any atom is -0.354 e. The smallest absolute Gasteiger partial charge is 0.242 e. The Hall–Kier alpha value is -2.78. The monoisotopic (exact) mass is 463 g/mol. The second-order valence-electron chi connectivity index (χ2n) is 7.63. The summed E-state index contributed by atoms with van der Waals surface area (Å²) in [7, 11) is -3.69. The molecule has 0 saturated heterocycles. The summed E-state index contributed by atoms with van der Waals surface area (Å²) in [5.41, 5.74) is 1.37. The molecule has 0 aliphatic heterocycles. The first-order valence-electron chi connectivity index (χ1n) is 10.4.